The molecule has 0 atom stereocenters. The van der Waals surface area contributed by atoms with Crippen LogP contribution >= 0.6 is 27.7 Å². The van der Waals surface area contributed by atoms with Gasteiger partial charge in [-0.1, -0.05) is 45.9 Å². The van der Waals surface area contributed by atoms with E-state index in [0.29, 0.717) is 21.0 Å². The van der Waals surface area contributed by atoms with E-state index in [1.807, 2.05) is 26.8 Å². The molecule has 0 saturated carbocycles. The third-order valence-corrected chi connectivity index (χ3v) is 5.86. The van der Waals surface area contributed by atoms with Gasteiger partial charge < -0.3 is 4.74 Å². The Labute approximate surface area is 186 Å². The molecule has 3 aromatic rings. The molecule has 7 nitrogen and oxygen atoms in total. The maximum atomic E-state index is 12.8. The first-order valence-corrected chi connectivity index (χ1v) is 10.7. The minimum atomic E-state index is -0.536. The molecule has 30 heavy (non-hydrogen) atoms. The largest absolute Gasteiger partial charge is 0.403 e. The lowest BCUT2D eigenvalue weighted by atomic mass is 10.1. The van der Waals surface area contributed by atoms with Crippen LogP contribution in [0.4, 0.5) is 5.69 Å². The highest BCUT2D eigenvalue weighted by molar-refractivity contribution is 9.10. The lowest BCUT2D eigenvalue weighted by Crippen LogP contribution is -2.25. The first kappa shape index (κ1) is 22.0. The van der Waals surface area contributed by atoms with Gasteiger partial charge in [0.2, 0.25) is 5.88 Å². The smallest absolute Gasteiger partial charge is 0.344 e. The summed E-state index contributed by atoms with van der Waals surface area (Å²) >= 11 is 4.51. The Hall–Kier alpha value is -2.65. The van der Waals surface area contributed by atoms with Crippen LogP contribution in [0.15, 0.2) is 62.8 Å². The maximum absolute atomic E-state index is 12.8. The van der Waals surface area contributed by atoms with Gasteiger partial charge in [0, 0.05) is 10.5 Å². The molecule has 0 bridgehead atoms. The van der Waals surface area contributed by atoms with Crippen LogP contribution in [0.3, 0.4) is 0 Å². The second kappa shape index (κ2) is 8.61. The monoisotopic (exact) mass is 489 g/mol. The number of aromatic nitrogens is 2. The van der Waals surface area contributed by atoms with Gasteiger partial charge in [0.25, 0.3) is 5.69 Å². The lowest BCUT2D eigenvalue weighted by molar-refractivity contribution is -0.387. The number of para-hydroxylation sites is 1. The molecule has 2 aromatic carbocycles. The van der Waals surface area contributed by atoms with Crippen LogP contribution < -0.4 is 4.74 Å². The highest BCUT2D eigenvalue weighted by Gasteiger charge is 2.29. The van der Waals surface area contributed by atoms with E-state index < -0.39 is 16.4 Å². The molecule has 156 valence electrons. The number of hydrogen-bond acceptors (Lipinski definition) is 6. The van der Waals surface area contributed by atoms with E-state index in [0.717, 1.165) is 16.2 Å². The van der Waals surface area contributed by atoms with Crippen LogP contribution in [0.5, 0.6) is 5.88 Å². The van der Waals surface area contributed by atoms with Gasteiger partial charge in [-0.3, -0.25) is 10.1 Å². The van der Waals surface area contributed by atoms with Crippen LogP contribution in [-0.2, 0) is 5.54 Å². The van der Waals surface area contributed by atoms with Gasteiger partial charge in [-0.25, -0.2) is 9.48 Å². The summed E-state index contributed by atoms with van der Waals surface area (Å²) in [4.78, 5) is 24.8. The van der Waals surface area contributed by atoms with Crippen molar-refractivity contribution in [2.24, 2.45) is 0 Å². The topological polar surface area (TPSA) is 87.3 Å². The average molecular weight is 490 g/mol. The number of nitrogens with zero attached hydrogens (tertiary/aromatic N) is 3. The van der Waals surface area contributed by atoms with E-state index >= 15 is 0 Å². The third-order valence-electron chi connectivity index (χ3n) is 4.12. The second-order valence-corrected chi connectivity index (χ2v) is 9.50. The number of aryl methyl sites for hydroxylation is 1. The average Bonchev–Trinajstić information content (AvgIpc) is 2.98. The van der Waals surface area contributed by atoms with Gasteiger partial charge in [-0.05, 0) is 52.0 Å². The molecule has 3 rings (SSSR count). The van der Waals surface area contributed by atoms with E-state index in [-0.39, 0.29) is 11.6 Å². The van der Waals surface area contributed by atoms with Gasteiger partial charge >= 0.3 is 5.97 Å². The van der Waals surface area contributed by atoms with Crippen LogP contribution in [0.1, 0.15) is 36.8 Å². The highest BCUT2D eigenvalue weighted by atomic mass is 79.9. The number of halogens is 1. The van der Waals surface area contributed by atoms with Crippen molar-refractivity contribution in [1.29, 1.82) is 0 Å². The summed E-state index contributed by atoms with van der Waals surface area (Å²) in [5.41, 5.74) is 0.504. The standard InChI is InChI=1S/C21H20BrN3O4S/c1-13-18(30-17-11-6-5-10-16(17)25(27)28)19(24(23-13)21(2,3)4)29-20(26)14-8-7-9-15(22)12-14/h5-12H,1-4H3. The van der Waals surface area contributed by atoms with Crippen molar-refractivity contribution in [2.75, 3.05) is 0 Å². The molecule has 1 aromatic heterocycles. The summed E-state index contributed by atoms with van der Waals surface area (Å²) in [6.45, 7) is 7.61. The zero-order chi connectivity index (χ0) is 22.1. The van der Waals surface area contributed by atoms with Crippen LogP contribution in [0.25, 0.3) is 0 Å². The van der Waals surface area contributed by atoms with Crippen LogP contribution in [0, 0.1) is 17.0 Å². The van der Waals surface area contributed by atoms with Gasteiger partial charge in [0.05, 0.1) is 31.5 Å². The lowest BCUT2D eigenvalue weighted by Gasteiger charge is -2.22. The first-order chi connectivity index (χ1) is 14.1. The van der Waals surface area contributed by atoms with Crippen molar-refractivity contribution in [3.05, 3.63) is 74.4 Å². The SMILES string of the molecule is Cc1nn(C(C)(C)C)c(OC(=O)c2cccc(Br)c2)c1Sc1ccccc1[N+](=O)[O-]. The Morgan fingerprint density at radius 2 is 1.90 bits per heavy atom. The second-order valence-electron chi connectivity index (χ2n) is 7.53. The summed E-state index contributed by atoms with van der Waals surface area (Å²) in [5, 5.41) is 16.0. The van der Waals surface area contributed by atoms with Crippen molar-refractivity contribution in [3.63, 3.8) is 0 Å². The van der Waals surface area contributed by atoms with Crippen molar-refractivity contribution < 1.29 is 14.5 Å². The molecule has 0 spiro atoms. The number of nitro groups is 1. The van der Waals surface area contributed by atoms with Gasteiger partial charge in [0.15, 0.2) is 0 Å². The van der Waals surface area contributed by atoms with Crippen molar-refractivity contribution in [1.82, 2.24) is 9.78 Å². The molecule has 0 radical (unpaired) electrons. The summed E-state index contributed by atoms with van der Waals surface area (Å²) < 4.78 is 8.18. The van der Waals surface area contributed by atoms with E-state index in [1.165, 1.54) is 6.07 Å². The van der Waals surface area contributed by atoms with Crippen LogP contribution in [-0.4, -0.2) is 20.7 Å². The van der Waals surface area contributed by atoms with E-state index in [1.54, 1.807) is 48.0 Å². The molecule has 0 aliphatic carbocycles. The summed E-state index contributed by atoms with van der Waals surface area (Å²) in [6.07, 6.45) is 0. The number of rotatable bonds is 5. The molecule has 0 aliphatic rings. The predicted octanol–water partition coefficient (Wildman–Crippen LogP) is 5.99. The highest BCUT2D eigenvalue weighted by Crippen LogP contribution is 2.43. The molecule has 0 saturated heterocycles. The summed E-state index contributed by atoms with van der Waals surface area (Å²) in [6, 6.07) is 13.3. The fourth-order valence-corrected chi connectivity index (χ4v) is 4.14. The number of hydrogen-bond donors (Lipinski definition) is 0. The van der Waals surface area contributed by atoms with Gasteiger partial charge in [-0.15, -0.1) is 0 Å². The minimum absolute atomic E-state index is 0.0188. The molecule has 9 heteroatoms. The Morgan fingerprint density at radius 3 is 2.53 bits per heavy atom. The fourth-order valence-electron chi connectivity index (χ4n) is 2.72. The molecule has 0 fully saturated rings. The molecule has 0 amide bonds. The number of carbonyl (C=O) groups excluding carboxylic acids is 1. The maximum Gasteiger partial charge on any atom is 0.344 e. The molecular formula is C21H20BrN3O4S. The quantitative estimate of drug-likeness (QED) is 0.248. The minimum Gasteiger partial charge on any atom is -0.403 e. The zero-order valence-corrected chi connectivity index (χ0v) is 19.3. The number of carbonyl (C=O) groups is 1. The summed E-state index contributed by atoms with van der Waals surface area (Å²) in [7, 11) is 0. The summed E-state index contributed by atoms with van der Waals surface area (Å²) in [5.74, 6) is -0.278. The number of nitro benzene ring substituents is 1. The predicted molar refractivity (Wildman–Crippen MR) is 118 cm³/mol. The Balaban J connectivity index is 2.07. The first-order valence-electron chi connectivity index (χ1n) is 9.07. The van der Waals surface area contributed by atoms with E-state index in [9.17, 15) is 14.9 Å². The van der Waals surface area contributed by atoms with Gasteiger partial charge in [-0.2, -0.15) is 5.10 Å². The molecule has 0 aliphatic heterocycles. The number of ether oxygens (including phenoxy) is 1. The molecule has 0 N–H and O–H groups in total. The van der Waals surface area contributed by atoms with Crippen molar-refractivity contribution >= 4 is 39.3 Å². The molecule has 0 unspecified atom stereocenters. The van der Waals surface area contributed by atoms with Crippen molar-refractivity contribution in [2.45, 2.75) is 43.0 Å². The van der Waals surface area contributed by atoms with Crippen molar-refractivity contribution in [3.8, 4) is 5.88 Å². The Kier molecular flexibility index (Phi) is 6.33. The Bertz CT molecular complexity index is 1120. The third kappa shape index (κ3) is 4.73. The van der Waals surface area contributed by atoms with E-state index in [4.69, 9.17) is 4.74 Å². The van der Waals surface area contributed by atoms with Crippen LogP contribution in [0.2, 0.25) is 0 Å². The Morgan fingerprint density at radius 1 is 1.20 bits per heavy atom. The normalized spacial score (nSPS) is 11.4. The zero-order valence-electron chi connectivity index (χ0n) is 16.9. The number of benzene rings is 2. The van der Waals surface area contributed by atoms with E-state index in [2.05, 4.69) is 21.0 Å². The molecule has 1 heterocycles. The number of esters is 1. The molecular weight excluding hydrogens is 470 g/mol. The van der Waals surface area contributed by atoms with Gasteiger partial charge in [0.1, 0.15) is 0 Å². The fraction of sp³-hybridized carbons (Fsp3) is 0.238.